The van der Waals surface area contributed by atoms with E-state index in [1.165, 1.54) is 17.4 Å². The van der Waals surface area contributed by atoms with Crippen molar-refractivity contribution in [2.75, 3.05) is 25.0 Å². The van der Waals surface area contributed by atoms with Crippen LogP contribution in [0.1, 0.15) is 36.7 Å². The first kappa shape index (κ1) is 19.8. The normalized spacial score (nSPS) is 16.1. The maximum Gasteiger partial charge on any atom is 0.257 e. The molecule has 1 saturated heterocycles. The summed E-state index contributed by atoms with van der Waals surface area (Å²) in [4.78, 5) is 14.4. The molecule has 7 heteroatoms. The minimum Gasteiger partial charge on any atom is -0.385 e. The molecule has 2 heterocycles. The Bertz CT molecular complexity index is 838. The molecule has 1 amide bonds. The summed E-state index contributed by atoms with van der Waals surface area (Å²) in [6, 6.07) is 4.93. The van der Waals surface area contributed by atoms with E-state index in [1.54, 1.807) is 21.7 Å². The molecule has 1 aromatic heterocycles. The molecule has 0 radical (unpaired) electrons. The lowest BCUT2D eigenvalue weighted by atomic mass is 9.92. The molecule has 1 aliphatic rings. The van der Waals surface area contributed by atoms with Gasteiger partial charge in [-0.25, -0.2) is 4.39 Å². The van der Waals surface area contributed by atoms with E-state index in [-0.39, 0.29) is 30.4 Å². The third-order valence-electron chi connectivity index (χ3n) is 4.49. The Balaban J connectivity index is 1.65. The van der Waals surface area contributed by atoms with E-state index in [1.807, 2.05) is 33.8 Å². The van der Waals surface area contributed by atoms with E-state index < -0.39 is 5.60 Å². The topological polar surface area (TPSA) is 64.6 Å². The van der Waals surface area contributed by atoms with Crippen LogP contribution < -0.4 is 10.6 Å². The van der Waals surface area contributed by atoms with Gasteiger partial charge in [-0.3, -0.25) is 4.79 Å². The van der Waals surface area contributed by atoms with Crippen LogP contribution in [0.15, 0.2) is 29.0 Å². The maximum absolute atomic E-state index is 14.1. The molecule has 0 atom stereocenters. The summed E-state index contributed by atoms with van der Waals surface area (Å²) < 4.78 is 14.1. The Morgan fingerprint density at radius 3 is 2.63 bits per heavy atom. The second-order valence-electron chi connectivity index (χ2n) is 8.30. The van der Waals surface area contributed by atoms with Gasteiger partial charge in [0.05, 0.1) is 30.0 Å². The first-order chi connectivity index (χ1) is 12.6. The molecule has 0 unspecified atom stereocenters. The predicted octanol–water partition coefficient (Wildman–Crippen LogP) is 3.51. The number of hydrogen-bond donors (Lipinski definition) is 3. The third kappa shape index (κ3) is 4.66. The summed E-state index contributed by atoms with van der Waals surface area (Å²) in [5, 5.41) is 20.4. The smallest absolute Gasteiger partial charge is 0.257 e. The molecule has 0 aliphatic carbocycles. The summed E-state index contributed by atoms with van der Waals surface area (Å²) in [6.07, 6.45) is 0. The quantitative estimate of drug-likeness (QED) is 0.730. The number of likely N-dealkylation sites (tertiary alicyclic amines) is 1. The van der Waals surface area contributed by atoms with Gasteiger partial charge in [-0.1, -0.05) is 6.07 Å². The van der Waals surface area contributed by atoms with Gasteiger partial charge < -0.3 is 20.6 Å². The average Bonchev–Trinajstić information content (AvgIpc) is 3.00. The van der Waals surface area contributed by atoms with E-state index in [2.05, 4.69) is 10.6 Å². The van der Waals surface area contributed by atoms with Gasteiger partial charge in [0.15, 0.2) is 0 Å². The van der Waals surface area contributed by atoms with Crippen molar-refractivity contribution in [3.8, 4) is 0 Å². The summed E-state index contributed by atoms with van der Waals surface area (Å²) in [6.45, 7) is 8.92. The van der Waals surface area contributed by atoms with Crippen molar-refractivity contribution in [1.29, 1.82) is 0 Å². The fourth-order valence-corrected chi connectivity index (χ4v) is 3.70. The van der Waals surface area contributed by atoms with Crippen LogP contribution in [-0.4, -0.2) is 46.7 Å². The summed E-state index contributed by atoms with van der Waals surface area (Å²) in [5.74, 6) is -0.516. The number of nitrogens with one attached hydrogen (secondary N) is 2. The van der Waals surface area contributed by atoms with E-state index >= 15 is 0 Å². The van der Waals surface area contributed by atoms with Crippen LogP contribution >= 0.6 is 11.3 Å². The van der Waals surface area contributed by atoms with Crippen LogP contribution in [0.4, 0.5) is 15.8 Å². The lowest BCUT2D eigenvalue weighted by Gasteiger charge is -2.47. The van der Waals surface area contributed by atoms with E-state index in [4.69, 9.17) is 0 Å². The number of thiophene rings is 1. The zero-order valence-corrected chi connectivity index (χ0v) is 16.9. The number of halogens is 1. The van der Waals surface area contributed by atoms with Crippen LogP contribution in [-0.2, 0) is 0 Å². The SMILES string of the molecule is Cc1ccc(Nc2cscc2C(=O)N2CC(O)(CNC(C)(C)C)C2)c(F)c1. The fraction of sp³-hybridized carbons (Fsp3) is 0.450. The molecule has 0 bridgehead atoms. The van der Waals surface area contributed by atoms with Crippen LogP contribution in [0.25, 0.3) is 0 Å². The van der Waals surface area contributed by atoms with Crippen molar-refractivity contribution in [2.24, 2.45) is 0 Å². The first-order valence-electron chi connectivity index (χ1n) is 8.92. The predicted molar refractivity (Wildman–Crippen MR) is 107 cm³/mol. The van der Waals surface area contributed by atoms with Gasteiger partial charge in [-0.15, -0.1) is 11.3 Å². The molecule has 3 N–H and O–H groups in total. The molecule has 0 saturated carbocycles. The Morgan fingerprint density at radius 2 is 2.00 bits per heavy atom. The van der Waals surface area contributed by atoms with Crippen LogP contribution in [0.2, 0.25) is 0 Å². The van der Waals surface area contributed by atoms with Gasteiger partial charge >= 0.3 is 0 Å². The van der Waals surface area contributed by atoms with Crippen molar-refractivity contribution in [3.05, 3.63) is 45.9 Å². The second-order valence-corrected chi connectivity index (χ2v) is 9.04. The number of benzene rings is 1. The van der Waals surface area contributed by atoms with Gasteiger partial charge in [-0.2, -0.15) is 0 Å². The number of aliphatic hydroxyl groups is 1. The molecule has 5 nitrogen and oxygen atoms in total. The highest BCUT2D eigenvalue weighted by Crippen LogP contribution is 2.31. The second kappa shape index (κ2) is 7.22. The minimum atomic E-state index is -0.907. The largest absolute Gasteiger partial charge is 0.385 e. The molecule has 146 valence electrons. The van der Waals surface area contributed by atoms with Crippen LogP contribution in [0.3, 0.4) is 0 Å². The average molecular weight is 392 g/mol. The van der Waals surface area contributed by atoms with Gasteiger partial charge in [0.1, 0.15) is 11.4 Å². The fourth-order valence-electron chi connectivity index (χ4n) is 2.95. The first-order valence-corrected chi connectivity index (χ1v) is 9.87. The van der Waals surface area contributed by atoms with Crippen molar-refractivity contribution in [3.63, 3.8) is 0 Å². The Labute approximate surface area is 163 Å². The lowest BCUT2D eigenvalue weighted by molar-refractivity contribution is -0.0811. The van der Waals surface area contributed by atoms with Crippen molar-refractivity contribution >= 4 is 28.6 Å². The molecular weight excluding hydrogens is 365 g/mol. The number of rotatable bonds is 5. The van der Waals surface area contributed by atoms with E-state index in [0.717, 1.165) is 5.56 Å². The molecule has 27 heavy (non-hydrogen) atoms. The summed E-state index contributed by atoms with van der Waals surface area (Å²) in [7, 11) is 0. The van der Waals surface area contributed by atoms with Gasteiger partial charge in [-0.05, 0) is 45.4 Å². The Kier molecular flexibility index (Phi) is 5.29. The van der Waals surface area contributed by atoms with Gasteiger partial charge in [0, 0.05) is 22.8 Å². The monoisotopic (exact) mass is 391 g/mol. The summed E-state index contributed by atoms with van der Waals surface area (Å²) >= 11 is 1.38. The van der Waals surface area contributed by atoms with Crippen LogP contribution in [0.5, 0.6) is 0 Å². The summed E-state index contributed by atoms with van der Waals surface area (Å²) in [5.41, 5.74) is 1.24. The third-order valence-corrected chi connectivity index (χ3v) is 5.24. The number of carbonyl (C=O) groups excluding carboxylic acids is 1. The number of β-amino-alcohol motifs (C(OH)–C–C–N with tert-alkyl or cyclic N) is 1. The zero-order valence-electron chi connectivity index (χ0n) is 16.1. The Morgan fingerprint density at radius 1 is 1.30 bits per heavy atom. The van der Waals surface area contributed by atoms with Crippen molar-refractivity contribution in [2.45, 2.75) is 38.8 Å². The number of aryl methyl sites for hydroxylation is 1. The zero-order chi connectivity index (χ0) is 19.8. The molecule has 2 aromatic rings. The molecular formula is C20H26FN3O2S. The number of anilines is 2. The number of carbonyl (C=O) groups is 1. The molecule has 1 aromatic carbocycles. The highest BCUT2D eigenvalue weighted by molar-refractivity contribution is 7.08. The molecule has 3 rings (SSSR count). The molecule has 0 spiro atoms. The standard InChI is InChI=1S/C20H26FN3O2S/c1-13-5-6-16(15(21)7-13)23-17-9-27-8-14(17)18(25)24-11-20(26,12-24)10-22-19(2,3)4/h5-9,22-23,26H,10-12H2,1-4H3. The van der Waals surface area contributed by atoms with Crippen molar-refractivity contribution in [1.82, 2.24) is 10.2 Å². The van der Waals surface area contributed by atoms with E-state index in [9.17, 15) is 14.3 Å². The maximum atomic E-state index is 14.1. The number of hydrogen-bond acceptors (Lipinski definition) is 5. The highest BCUT2D eigenvalue weighted by Gasteiger charge is 2.44. The van der Waals surface area contributed by atoms with Gasteiger partial charge in [0.25, 0.3) is 5.91 Å². The van der Waals surface area contributed by atoms with Crippen LogP contribution in [0, 0.1) is 12.7 Å². The minimum absolute atomic E-state index is 0.0945. The molecule has 1 fully saturated rings. The highest BCUT2D eigenvalue weighted by atomic mass is 32.1. The number of nitrogens with zero attached hydrogens (tertiary/aromatic N) is 1. The van der Waals surface area contributed by atoms with Crippen molar-refractivity contribution < 1.29 is 14.3 Å². The van der Waals surface area contributed by atoms with E-state index in [0.29, 0.717) is 23.5 Å². The lowest BCUT2D eigenvalue weighted by Crippen LogP contribution is -2.68. The molecule has 1 aliphatic heterocycles. The number of amides is 1. The van der Waals surface area contributed by atoms with Gasteiger partial charge in [0.2, 0.25) is 0 Å². The Hall–Kier alpha value is -1.96.